The van der Waals surface area contributed by atoms with Crippen LogP contribution in [0, 0.1) is 0 Å². The van der Waals surface area contributed by atoms with E-state index in [0.717, 1.165) is 70.6 Å². The number of nitrogens with one attached hydrogen (secondary N) is 1. The van der Waals surface area contributed by atoms with Gasteiger partial charge in [-0.15, -0.1) is 0 Å². The highest BCUT2D eigenvalue weighted by atomic mass is 16.5. The molecule has 0 saturated heterocycles. The van der Waals surface area contributed by atoms with Crippen molar-refractivity contribution in [2.45, 2.75) is 302 Å². The van der Waals surface area contributed by atoms with Gasteiger partial charge in [-0.25, -0.2) is 0 Å². The fourth-order valence-electron chi connectivity index (χ4n) is 8.19. The first-order valence-corrected chi connectivity index (χ1v) is 26.6. The summed E-state index contributed by atoms with van der Waals surface area (Å²) in [5.74, 6) is -0.480. The number of unbranched alkanes of at least 4 members (excludes halogenated alkanes) is 32. The number of amides is 1. The van der Waals surface area contributed by atoms with Gasteiger partial charge in [0.2, 0.25) is 5.91 Å². The molecule has 6 nitrogen and oxygen atoms in total. The monoisotopic (exact) mass is 846 g/mol. The van der Waals surface area contributed by atoms with Gasteiger partial charge >= 0.3 is 5.97 Å². The summed E-state index contributed by atoms with van der Waals surface area (Å²) < 4.78 is 5.94. The Kier molecular flexibility index (Phi) is 47.0. The lowest BCUT2D eigenvalue weighted by atomic mass is 10.0. The minimum absolute atomic E-state index is 0.0725. The fourth-order valence-corrected chi connectivity index (χ4v) is 8.19. The van der Waals surface area contributed by atoms with Gasteiger partial charge in [-0.1, -0.05) is 218 Å². The van der Waals surface area contributed by atoms with Gasteiger partial charge in [0, 0.05) is 6.42 Å². The Morgan fingerprint density at radius 2 is 0.800 bits per heavy atom. The van der Waals surface area contributed by atoms with Gasteiger partial charge in [0.25, 0.3) is 0 Å². The third-order valence-electron chi connectivity index (χ3n) is 12.3. The summed E-state index contributed by atoms with van der Waals surface area (Å²) in [6.07, 6.45) is 55.2. The Labute approximate surface area is 373 Å². The average molecular weight is 846 g/mol. The Morgan fingerprint density at radius 1 is 0.467 bits per heavy atom. The summed E-state index contributed by atoms with van der Waals surface area (Å²) in [5, 5.41) is 23.7. The number of carbonyl (C=O) groups excluding carboxylic acids is 2. The zero-order valence-corrected chi connectivity index (χ0v) is 40.4. The predicted molar refractivity (Wildman–Crippen MR) is 260 cm³/mol. The van der Waals surface area contributed by atoms with E-state index in [1.807, 2.05) is 0 Å². The van der Waals surface area contributed by atoms with Crippen LogP contribution in [0.1, 0.15) is 284 Å². The van der Waals surface area contributed by atoms with E-state index in [1.54, 1.807) is 0 Å². The predicted octanol–water partition coefficient (Wildman–Crippen LogP) is 15.9. The van der Waals surface area contributed by atoms with Crippen LogP contribution in [0.4, 0.5) is 0 Å². The topological polar surface area (TPSA) is 95.9 Å². The molecule has 0 aromatic carbocycles. The van der Waals surface area contributed by atoms with Crippen LogP contribution >= 0.6 is 0 Å². The van der Waals surface area contributed by atoms with E-state index in [9.17, 15) is 19.8 Å². The zero-order chi connectivity index (χ0) is 43.8. The zero-order valence-electron chi connectivity index (χ0n) is 40.4. The summed E-state index contributed by atoms with van der Waals surface area (Å²) >= 11 is 0. The fraction of sp³-hybridized carbons (Fsp3) is 0.889. The Balaban J connectivity index is 4.57. The molecule has 354 valence electrons. The van der Waals surface area contributed by atoms with E-state index in [4.69, 9.17) is 4.74 Å². The maximum Gasteiger partial charge on any atom is 0.306 e. The Morgan fingerprint density at radius 3 is 1.18 bits per heavy atom. The summed E-state index contributed by atoms with van der Waals surface area (Å²) in [5.41, 5.74) is 0. The van der Waals surface area contributed by atoms with Crippen LogP contribution in [0.2, 0.25) is 0 Å². The minimum atomic E-state index is -0.787. The van der Waals surface area contributed by atoms with E-state index in [2.05, 4.69) is 50.4 Å². The van der Waals surface area contributed by atoms with Gasteiger partial charge in [0.1, 0.15) is 6.10 Å². The van der Waals surface area contributed by atoms with Crippen molar-refractivity contribution in [1.29, 1.82) is 0 Å². The minimum Gasteiger partial charge on any atom is -0.462 e. The molecule has 0 aliphatic rings. The normalized spacial score (nSPS) is 13.3. The van der Waals surface area contributed by atoms with Gasteiger partial charge in [-0.3, -0.25) is 9.59 Å². The van der Waals surface area contributed by atoms with Crippen molar-refractivity contribution in [3.8, 4) is 0 Å². The van der Waals surface area contributed by atoms with E-state index in [0.29, 0.717) is 19.3 Å². The molecule has 3 N–H and O–H groups in total. The number of allylic oxidation sites excluding steroid dienone is 4. The molecule has 0 aromatic heterocycles. The van der Waals surface area contributed by atoms with Gasteiger partial charge in [-0.2, -0.15) is 0 Å². The molecule has 0 spiro atoms. The van der Waals surface area contributed by atoms with Gasteiger partial charge < -0.3 is 20.3 Å². The molecule has 60 heavy (non-hydrogen) atoms. The first-order chi connectivity index (χ1) is 29.5. The summed E-state index contributed by atoms with van der Waals surface area (Å²) in [6, 6.07) is -0.701. The van der Waals surface area contributed by atoms with Gasteiger partial charge in [0.15, 0.2) is 0 Å². The van der Waals surface area contributed by atoms with Gasteiger partial charge in [-0.05, 0) is 77.0 Å². The number of aliphatic hydroxyl groups is 2. The molecule has 0 radical (unpaired) electrons. The van der Waals surface area contributed by atoms with Crippen molar-refractivity contribution >= 4 is 11.9 Å². The molecular formula is C54H103NO5. The smallest absolute Gasteiger partial charge is 0.306 e. The standard InChI is InChI=1S/C54H103NO5/c1-4-7-10-13-16-19-22-24-26-28-30-32-35-38-41-44-47-54(59)60-50(45-42-39-36-33-31-29-27-25-23-20-17-14-11-8-5-2)48-53(58)55-51(49-56)52(57)46-43-40-37-34-21-18-15-12-9-6-3/h25-28,50-52,56-57H,4-24,29-49H2,1-3H3,(H,55,58)/b27-25+,28-26+. The molecule has 0 bridgehead atoms. The summed E-state index contributed by atoms with van der Waals surface area (Å²) in [7, 11) is 0. The van der Waals surface area contributed by atoms with Crippen molar-refractivity contribution in [2.24, 2.45) is 0 Å². The highest BCUT2D eigenvalue weighted by molar-refractivity contribution is 5.77. The van der Waals surface area contributed by atoms with E-state index >= 15 is 0 Å². The molecule has 0 rings (SSSR count). The molecule has 0 saturated carbocycles. The van der Waals surface area contributed by atoms with Crippen LogP contribution in [0.5, 0.6) is 0 Å². The van der Waals surface area contributed by atoms with Crippen LogP contribution < -0.4 is 5.32 Å². The van der Waals surface area contributed by atoms with Crippen LogP contribution in [0.3, 0.4) is 0 Å². The molecule has 3 unspecified atom stereocenters. The largest absolute Gasteiger partial charge is 0.462 e. The second-order valence-electron chi connectivity index (χ2n) is 18.3. The number of carbonyl (C=O) groups is 2. The summed E-state index contributed by atoms with van der Waals surface area (Å²) in [6.45, 7) is 6.48. The van der Waals surface area contributed by atoms with E-state index < -0.39 is 18.2 Å². The first-order valence-electron chi connectivity index (χ1n) is 26.6. The number of hydrogen-bond donors (Lipinski definition) is 3. The first kappa shape index (κ1) is 58.3. The number of ether oxygens (including phenoxy) is 1. The van der Waals surface area contributed by atoms with Crippen LogP contribution in [0.25, 0.3) is 0 Å². The van der Waals surface area contributed by atoms with Crippen molar-refractivity contribution in [3.05, 3.63) is 24.3 Å². The number of rotatable bonds is 48. The molecule has 0 aromatic rings. The molecular weight excluding hydrogens is 743 g/mol. The summed E-state index contributed by atoms with van der Waals surface area (Å²) in [4.78, 5) is 26.1. The SMILES string of the molecule is CCCCCCCC/C=C/CCCCCCCC(CC(=O)NC(CO)C(O)CCCCCCCCCCCC)OC(=O)CCCCCCC/C=C/CCCCCCCCC. The third-order valence-corrected chi connectivity index (χ3v) is 12.3. The van der Waals surface area contributed by atoms with Crippen LogP contribution in [0.15, 0.2) is 24.3 Å². The molecule has 0 fully saturated rings. The van der Waals surface area contributed by atoms with Crippen LogP contribution in [-0.4, -0.2) is 46.9 Å². The maximum absolute atomic E-state index is 13.2. The average Bonchev–Trinajstić information content (AvgIpc) is 3.24. The lowest BCUT2D eigenvalue weighted by molar-refractivity contribution is -0.151. The van der Waals surface area contributed by atoms with Crippen molar-refractivity contribution in [2.75, 3.05) is 6.61 Å². The van der Waals surface area contributed by atoms with Gasteiger partial charge in [0.05, 0.1) is 25.2 Å². The number of aliphatic hydroxyl groups excluding tert-OH is 2. The molecule has 1 amide bonds. The molecule has 0 heterocycles. The highest BCUT2D eigenvalue weighted by Gasteiger charge is 2.24. The third kappa shape index (κ3) is 43.0. The lowest BCUT2D eigenvalue weighted by Crippen LogP contribution is -2.46. The van der Waals surface area contributed by atoms with E-state index in [-0.39, 0.29) is 24.9 Å². The number of hydrogen-bond acceptors (Lipinski definition) is 5. The molecule has 3 atom stereocenters. The maximum atomic E-state index is 13.2. The molecule has 0 aliphatic carbocycles. The van der Waals surface area contributed by atoms with Crippen molar-refractivity contribution < 1.29 is 24.5 Å². The lowest BCUT2D eigenvalue weighted by Gasteiger charge is -2.24. The second kappa shape index (κ2) is 48.4. The highest BCUT2D eigenvalue weighted by Crippen LogP contribution is 2.18. The molecule has 0 aliphatic heterocycles. The quantitative estimate of drug-likeness (QED) is 0.0322. The van der Waals surface area contributed by atoms with Crippen LogP contribution in [-0.2, 0) is 14.3 Å². The molecule has 6 heteroatoms. The second-order valence-corrected chi connectivity index (χ2v) is 18.3. The number of esters is 1. The Hall–Kier alpha value is -1.66. The van der Waals surface area contributed by atoms with E-state index in [1.165, 1.54) is 167 Å². The van der Waals surface area contributed by atoms with Crippen molar-refractivity contribution in [3.63, 3.8) is 0 Å². The Bertz CT molecular complexity index is 950. The van der Waals surface area contributed by atoms with Crippen molar-refractivity contribution in [1.82, 2.24) is 5.32 Å².